The summed E-state index contributed by atoms with van der Waals surface area (Å²) in [7, 11) is 0. The molecule has 0 atom stereocenters. The van der Waals surface area contributed by atoms with E-state index in [4.69, 9.17) is 10.5 Å². The Balaban J connectivity index is 2.15. The number of nitrogens with two attached hydrogens (primary N) is 1. The second kappa shape index (κ2) is 4.64. The maximum absolute atomic E-state index is 5.64. The van der Waals surface area contributed by atoms with E-state index in [0.29, 0.717) is 12.6 Å². The Morgan fingerprint density at radius 3 is 2.80 bits per heavy atom. The van der Waals surface area contributed by atoms with E-state index in [1.165, 1.54) is 11.3 Å². The number of benzene rings is 1. The normalized spacial score (nSPS) is 16.1. The third-order valence-electron chi connectivity index (χ3n) is 2.76. The Kier molecular flexibility index (Phi) is 3.23. The molecule has 1 aromatic rings. The SMILES string of the molecule is Cc1cccc(N(CCN)C2COC2)c1. The molecule has 0 aliphatic carbocycles. The molecule has 2 N–H and O–H groups in total. The van der Waals surface area contributed by atoms with Gasteiger partial charge in [-0.1, -0.05) is 12.1 Å². The van der Waals surface area contributed by atoms with Crippen LogP contribution >= 0.6 is 0 Å². The first-order valence-electron chi connectivity index (χ1n) is 5.42. The number of anilines is 1. The summed E-state index contributed by atoms with van der Waals surface area (Å²) in [5, 5.41) is 0. The zero-order valence-electron chi connectivity index (χ0n) is 9.15. The van der Waals surface area contributed by atoms with Crippen molar-refractivity contribution in [1.82, 2.24) is 0 Å². The Labute approximate surface area is 90.8 Å². The lowest BCUT2D eigenvalue weighted by molar-refractivity contribution is 0.00831. The highest BCUT2D eigenvalue weighted by atomic mass is 16.5. The average Bonchev–Trinajstić information content (AvgIpc) is 2.14. The summed E-state index contributed by atoms with van der Waals surface area (Å²) in [6.07, 6.45) is 0. The molecule has 1 fully saturated rings. The molecule has 0 aromatic heterocycles. The fourth-order valence-corrected chi connectivity index (χ4v) is 1.87. The van der Waals surface area contributed by atoms with Gasteiger partial charge in [-0.25, -0.2) is 0 Å². The molecule has 82 valence electrons. The topological polar surface area (TPSA) is 38.5 Å². The molecule has 0 spiro atoms. The van der Waals surface area contributed by atoms with E-state index in [2.05, 4.69) is 36.1 Å². The van der Waals surface area contributed by atoms with E-state index >= 15 is 0 Å². The monoisotopic (exact) mass is 206 g/mol. The minimum atomic E-state index is 0.510. The maximum atomic E-state index is 5.64. The van der Waals surface area contributed by atoms with Gasteiger partial charge in [-0.3, -0.25) is 0 Å². The Morgan fingerprint density at radius 2 is 2.27 bits per heavy atom. The first-order valence-corrected chi connectivity index (χ1v) is 5.42. The smallest absolute Gasteiger partial charge is 0.0757 e. The van der Waals surface area contributed by atoms with Crippen molar-refractivity contribution >= 4 is 5.69 Å². The molecule has 0 radical (unpaired) electrons. The molecule has 3 heteroatoms. The van der Waals surface area contributed by atoms with E-state index in [1.807, 2.05) is 0 Å². The fourth-order valence-electron chi connectivity index (χ4n) is 1.87. The van der Waals surface area contributed by atoms with Gasteiger partial charge in [0.15, 0.2) is 0 Å². The van der Waals surface area contributed by atoms with Crippen LogP contribution < -0.4 is 10.6 Å². The van der Waals surface area contributed by atoms with E-state index in [1.54, 1.807) is 0 Å². The van der Waals surface area contributed by atoms with Gasteiger partial charge in [0.2, 0.25) is 0 Å². The van der Waals surface area contributed by atoms with Crippen molar-refractivity contribution in [2.75, 3.05) is 31.2 Å². The molecule has 0 unspecified atom stereocenters. The van der Waals surface area contributed by atoms with Crippen molar-refractivity contribution in [2.45, 2.75) is 13.0 Å². The summed E-state index contributed by atoms with van der Waals surface area (Å²) in [4.78, 5) is 2.34. The summed E-state index contributed by atoms with van der Waals surface area (Å²) in [6.45, 7) is 5.35. The van der Waals surface area contributed by atoms with Crippen molar-refractivity contribution in [2.24, 2.45) is 5.73 Å². The molecular weight excluding hydrogens is 188 g/mol. The summed E-state index contributed by atoms with van der Waals surface area (Å²) in [5.74, 6) is 0. The van der Waals surface area contributed by atoms with Crippen molar-refractivity contribution in [3.63, 3.8) is 0 Å². The molecule has 2 rings (SSSR count). The molecule has 1 aliphatic rings. The van der Waals surface area contributed by atoms with Crippen LogP contribution in [-0.2, 0) is 4.74 Å². The zero-order chi connectivity index (χ0) is 10.7. The number of hydrogen-bond acceptors (Lipinski definition) is 3. The van der Waals surface area contributed by atoms with Crippen LogP contribution in [0.2, 0.25) is 0 Å². The van der Waals surface area contributed by atoms with Gasteiger partial charge in [-0.05, 0) is 24.6 Å². The third kappa shape index (κ3) is 2.30. The molecule has 1 heterocycles. The second-order valence-electron chi connectivity index (χ2n) is 4.01. The van der Waals surface area contributed by atoms with Crippen LogP contribution in [0.5, 0.6) is 0 Å². The van der Waals surface area contributed by atoms with Gasteiger partial charge in [0.05, 0.1) is 19.3 Å². The van der Waals surface area contributed by atoms with Crippen LogP contribution in [0.15, 0.2) is 24.3 Å². The molecule has 0 saturated carbocycles. The summed E-state index contributed by atoms with van der Waals surface area (Å²) in [6, 6.07) is 9.06. The molecule has 1 saturated heterocycles. The van der Waals surface area contributed by atoms with Crippen LogP contribution in [0.4, 0.5) is 5.69 Å². The minimum absolute atomic E-state index is 0.510. The lowest BCUT2D eigenvalue weighted by Crippen LogP contribution is -2.50. The fraction of sp³-hybridized carbons (Fsp3) is 0.500. The highest BCUT2D eigenvalue weighted by molar-refractivity contribution is 5.49. The molecule has 1 aliphatic heterocycles. The van der Waals surface area contributed by atoms with Crippen LogP contribution in [-0.4, -0.2) is 32.3 Å². The lowest BCUT2D eigenvalue weighted by atomic mass is 10.1. The van der Waals surface area contributed by atoms with Crippen molar-refractivity contribution in [3.05, 3.63) is 29.8 Å². The van der Waals surface area contributed by atoms with Gasteiger partial charge < -0.3 is 15.4 Å². The Bertz CT molecular complexity index is 323. The molecule has 3 nitrogen and oxygen atoms in total. The average molecular weight is 206 g/mol. The summed E-state index contributed by atoms with van der Waals surface area (Å²) >= 11 is 0. The van der Waals surface area contributed by atoms with Crippen LogP contribution in [0.25, 0.3) is 0 Å². The van der Waals surface area contributed by atoms with E-state index in [9.17, 15) is 0 Å². The van der Waals surface area contributed by atoms with E-state index < -0.39 is 0 Å². The van der Waals surface area contributed by atoms with Gasteiger partial charge in [-0.15, -0.1) is 0 Å². The Morgan fingerprint density at radius 1 is 1.47 bits per heavy atom. The number of nitrogens with zero attached hydrogens (tertiary/aromatic N) is 1. The van der Waals surface area contributed by atoms with E-state index in [0.717, 1.165) is 19.8 Å². The van der Waals surface area contributed by atoms with Crippen molar-refractivity contribution in [1.29, 1.82) is 0 Å². The van der Waals surface area contributed by atoms with Gasteiger partial charge >= 0.3 is 0 Å². The lowest BCUT2D eigenvalue weighted by Gasteiger charge is -2.38. The highest BCUT2D eigenvalue weighted by Gasteiger charge is 2.25. The van der Waals surface area contributed by atoms with Gasteiger partial charge in [0.25, 0.3) is 0 Å². The second-order valence-corrected chi connectivity index (χ2v) is 4.01. The van der Waals surface area contributed by atoms with Crippen molar-refractivity contribution < 1.29 is 4.74 Å². The maximum Gasteiger partial charge on any atom is 0.0757 e. The largest absolute Gasteiger partial charge is 0.377 e. The van der Waals surface area contributed by atoms with Crippen LogP contribution in [0, 0.1) is 6.92 Å². The highest BCUT2D eigenvalue weighted by Crippen LogP contribution is 2.21. The predicted molar refractivity (Wildman–Crippen MR) is 62.2 cm³/mol. The minimum Gasteiger partial charge on any atom is -0.377 e. The summed E-state index contributed by atoms with van der Waals surface area (Å²) in [5.41, 5.74) is 8.18. The predicted octanol–water partition coefficient (Wildman–Crippen LogP) is 1.16. The standard InChI is InChI=1S/C12H18N2O/c1-10-3-2-4-11(7-10)14(6-5-13)12-8-15-9-12/h2-4,7,12H,5-6,8-9,13H2,1H3. The first-order chi connectivity index (χ1) is 7.31. The van der Waals surface area contributed by atoms with Crippen LogP contribution in [0.3, 0.4) is 0 Å². The first kappa shape index (κ1) is 10.5. The van der Waals surface area contributed by atoms with Crippen LogP contribution in [0.1, 0.15) is 5.56 Å². The molecule has 15 heavy (non-hydrogen) atoms. The Hall–Kier alpha value is -1.06. The van der Waals surface area contributed by atoms with Crippen molar-refractivity contribution in [3.8, 4) is 0 Å². The third-order valence-corrected chi connectivity index (χ3v) is 2.76. The molecule has 0 bridgehead atoms. The van der Waals surface area contributed by atoms with Gasteiger partial charge in [-0.2, -0.15) is 0 Å². The molecular formula is C12H18N2O. The van der Waals surface area contributed by atoms with Gasteiger partial charge in [0, 0.05) is 18.8 Å². The number of ether oxygens (including phenoxy) is 1. The quantitative estimate of drug-likeness (QED) is 0.803. The molecule has 1 aromatic carbocycles. The zero-order valence-corrected chi connectivity index (χ0v) is 9.15. The number of aryl methyl sites for hydroxylation is 1. The number of hydrogen-bond donors (Lipinski definition) is 1. The van der Waals surface area contributed by atoms with E-state index in [-0.39, 0.29) is 0 Å². The van der Waals surface area contributed by atoms with Gasteiger partial charge in [0.1, 0.15) is 0 Å². The molecule has 0 amide bonds. The summed E-state index contributed by atoms with van der Waals surface area (Å²) < 4.78 is 5.23. The number of rotatable bonds is 4.